The van der Waals surface area contributed by atoms with Crippen LogP contribution in [0.5, 0.6) is 0 Å². The zero-order chi connectivity index (χ0) is 13.0. The molecule has 0 amide bonds. The van der Waals surface area contributed by atoms with E-state index < -0.39 is 0 Å². The summed E-state index contributed by atoms with van der Waals surface area (Å²) in [6.45, 7) is 4.20. The highest BCUT2D eigenvalue weighted by molar-refractivity contribution is 5.86. The molecule has 2 heteroatoms. The van der Waals surface area contributed by atoms with Gasteiger partial charge < -0.3 is 4.74 Å². The number of fused-ring (bicyclic) bond motifs is 1. The molecule has 2 nitrogen and oxygen atoms in total. The zero-order valence-electron chi connectivity index (χ0n) is 10.8. The van der Waals surface area contributed by atoms with Crippen LogP contribution in [0.2, 0.25) is 0 Å². The van der Waals surface area contributed by atoms with E-state index in [0.29, 0.717) is 6.61 Å². The van der Waals surface area contributed by atoms with Crippen molar-refractivity contribution in [3.05, 3.63) is 48.0 Å². The lowest BCUT2D eigenvalue weighted by Crippen LogP contribution is -2.17. The smallest absolute Gasteiger partial charge is 0.308 e. The highest BCUT2D eigenvalue weighted by Crippen LogP contribution is 2.21. The van der Waals surface area contributed by atoms with Crippen LogP contribution in [-0.4, -0.2) is 12.6 Å². The predicted molar refractivity (Wildman–Crippen MR) is 73.4 cm³/mol. The second kappa shape index (κ2) is 5.67. The highest BCUT2D eigenvalue weighted by atomic mass is 16.5. The molecule has 0 aromatic heterocycles. The van der Waals surface area contributed by atoms with Crippen molar-refractivity contribution in [2.75, 3.05) is 6.61 Å². The Labute approximate surface area is 108 Å². The fraction of sp³-hybridized carbons (Fsp3) is 0.312. The van der Waals surface area contributed by atoms with E-state index >= 15 is 0 Å². The maximum atomic E-state index is 11.7. The quantitative estimate of drug-likeness (QED) is 0.766. The maximum Gasteiger partial charge on any atom is 0.308 e. The molecule has 0 aliphatic heterocycles. The third-order valence-electron chi connectivity index (χ3n) is 3.10. The van der Waals surface area contributed by atoms with Gasteiger partial charge in [-0.2, -0.15) is 0 Å². The molecule has 0 saturated carbocycles. The molecule has 0 saturated heterocycles. The normalized spacial score (nSPS) is 12.3. The Hall–Kier alpha value is -1.83. The Bertz CT molecular complexity index is 540. The minimum Gasteiger partial charge on any atom is -0.466 e. The van der Waals surface area contributed by atoms with E-state index in [1.165, 1.54) is 16.3 Å². The van der Waals surface area contributed by atoms with Gasteiger partial charge in [0.05, 0.1) is 12.5 Å². The fourth-order valence-electron chi connectivity index (χ4n) is 2.17. The minimum absolute atomic E-state index is 0.101. The fourth-order valence-corrected chi connectivity index (χ4v) is 2.17. The van der Waals surface area contributed by atoms with E-state index in [1.54, 1.807) is 0 Å². The molecule has 0 N–H and O–H groups in total. The molecule has 2 aromatic rings. The lowest BCUT2D eigenvalue weighted by molar-refractivity contribution is -0.147. The number of esters is 1. The number of carbonyl (C=O) groups excluding carboxylic acids is 1. The molecule has 0 heterocycles. The van der Waals surface area contributed by atoms with Crippen LogP contribution in [0.25, 0.3) is 10.8 Å². The SMILES string of the molecule is CCOC(=O)C(C)Cc1cccc2ccccc12. The molecule has 1 atom stereocenters. The lowest BCUT2D eigenvalue weighted by atomic mass is 9.96. The minimum atomic E-state index is -0.120. The van der Waals surface area contributed by atoms with Crippen LogP contribution in [0.4, 0.5) is 0 Å². The number of hydrogen-bond acceptors (Lipinski definition) is 2. The van der Waals surface area contributed by atoms with Gasteiger partial charge in [-0.3, -0.25) is 4.79 Å². The standard InChI is InChI=1S/C16H18O2/c1-3-18-16(17)12(2)11-14-9-6-8-13-7-4-5-10-15(13)14/h4-10,12H,3,11H2,1-2H3. The van der Waals surface area contributed by atoms with Gasteiger partial charge in [0.1, 0.15) is 0 Å². The summed E-state index contributed by atoms with van der Waals surface area (Å²) in [4.78, 5) is 11.7. The first-order valence-electron chi connectivity index (χ1n) is 6.35. The first-order valence-corrected chi connectivity index (χ1v) is 6.35. The van der Waals surface area contributed by atoms with E-state index in [4.69, 9.17) is 4.74 Å². The monoisotopic (exact) mass is 242 g/mol. The van der Waals surface area contributed by atoms with Gasteiger partial charge in [0.2, 0.25) is 0 Å². The average Bonchev–Trinajstić information content (AvgIpc) is 2.39. The Morgan fingerprint density at radius 3 is 2.67 bits per heavy atom. The number of rotatable bonds is 4. The lowest BCUT2D eigenvalue weighted by Gasteiger charge is -2.12. The van der Waals surface area contributed by atoms with Gasteiger partial charge in [0.15, 0.2) is 0 Å². The van der Waals surface area contributed by atoms with Gasteiger partial charge >= 0.3 is 5.97 Å². The molecular formula is C16H18O2. The summed E-state index contributed by atoms with van der Waals surface area (Å²) in [6, 6.07) is 14.5. The van der Waals surface area contributed by atoms with Crippen LogP contribution in [0.3, 0.4) is 0 Å². The second-order valence-corrected chi connectivity index (χ2v) is 4.50. The first-order chi connectivity index (χ1) is 8.72. The molecule has 0 spiro atoms. The molecule has 1 unspecified atom stereocenters. The van der Waals surface area contributed by atoms with Crippen molar-refractivity contribution in [3.63, 3.8) is 0 Å². The Kier molecular flexibility index (Phi) is 3.98. The summed E-state index contributed by atoms with van der Waals surface area (Å²) < 4.78 is 5.05. The molecular weight excluding hydrogens is 224 g/mol. The van der Waals surface area contributed by atoms with Gasteiger partial charge in [-0.05, 0) is 29.7 Å². The van der Waals surface area contributed by atoms with E-state index in [1.807, 2.05) is 32.0 Å². The average molecular weight is 242 g/mol. The molecule has 0 radical (unpaired) electrons. The van der Waals surface area contributed by atoms with Crippen molar-refractivity contribution in [1.29, 1.82) is 0 Å². The summed E-state index contributed by atoms with van der Waals surface area (Å²) in [7, 11) is 0. The van der Waals surface area contributed by atoms with Gasteiger partial charge in [-0.25, -0.2) is 0 Å². The van der Waals surface area contributed by atoms with E-state index in [0.717, 1.165) is 6.42 Å². The Morgan fingerprint density at radius 1 is 1.17 bits per heavy atom. The van der Waals surface area contributed by atoms with Crippen molar-refractivity contribution >= 4 is 16.7 Å². The molecule has 0 aliphatic carbocycles. The van der Waals surface area contributed by atoms with Crippen molar-refractivity contribution in [3.8, 4) is 0 Å². The van der Waals surface area contributed by atoms with Crippen molar-refractivity contribution in [2.45, 2.75) is 20.3 Å². The van der Waals surface area contributed by atoms with Crippen LogP contribution in [0.1, 0.15) is 19.4 Å². The van der Waals surface area contributed by atoms with Gasteiger partial charge in [-0.15, -0.1) is 0 Å². The van der Waals surface area contributed by atoms with Crippen LogP contribution < -0.4 is 0 Å². The summed E-state index contributed by atoms with van der Waals surface area (Å²) in [5.74, 6) is -0.221. The van der Waals surface area contributed by atoms with Gasteiger partial charge in [0.25, 0.3) is 0 Å². The molecule has 94 valence electrons. The predicted octanol–water partition coefficient (Wildman–Crippen LogP) is 3.58. The molecule has 2 aromatic carbocycles. The van der Waals surface area contributed by atoms with Crippen LogP contribution in [0, 0.1) is 5.92 Å². The largest absolute Gasteiger partial charge is 0.466 e. The maximum absolute atomic E-state index is 11.7. The van der Waals surface area contributed by atoms with Gasteiger partial charge in [0, 0.05) is 0 Å². The van der Waals surface area contributed by atoms with Crippen molar-refractivity contribution in [2.24, 2.45) is 5.92 Å². The number of benzene rings is 2. The molecule has 2 rings (SSSR count). The molecule has 0 aliphatic rings. The Morgan fingerprint density at radius 2 is 1.89 bits per heavy atom. The topological polar surface area (TPSA) is 26.3 Å². The summed E-state index contributed by atoms with van der Waals surface area (Å²) in [5.41, 5.74) is 1.20. The molecule has 18 heavy (non-hydrogen) atoms. The van der Waals surface area contributed by atoms with Crippen molar-refractivity contribution < 1.29 is 9.53 Å². The first kappa shape index (κ1) is 12.6. The number of hydrogen-bond donors (Lipinski definition) is 0. The second-order valence-electron chi connectivity index (χ2n) is 4.50. The van der Waals surface area contributed by atoms with Crippen molar-refractivity contribution in [1.82, 2.24) is 0 Å². The van der Waals surface area contributed by atoms with Crippen LogP contribution >= 0.6 is 0 Å². The van der Waals surface area contributed by atoms with E-state index in [2.05, 4.69) is 24.3 Å². The number of carbonyl (C=O) groups is 1. The van der Waals surface area contributed by atoms with Crippen LogP contribution in [-0.2, 0) is 16.0 Å². The van der Waals surface area contributed by atoms with E-state index in [-0.39, 0.29) is 11.9 Å². The van der Waals surface area contributed by atoms with Gasteiger partial charge in [-0.1, -0.05) is 49.4 Å². The van der Waals surface area contributed by atoms with E-state index in [9.17, 15) is 4.79 Å². The molecule has 0 fully saturated rings. The summed E-state index contributed by atoms with van der Waals surface area (Å²) >= 11 is 0. The number of ether oxygens (including phenoxy) is 1. The Balaban J connectivity index is 2.24. The third kappa shape index (κ3) is 2.70. The van der Waals surface area contributed by atoms with Crippen LogP contribution in [0.15, 0.2) is 42.5 Å². The summed E-state index contributed by atoms with van der Waals surface area (Å²) in [6.07, 6.45) is 0.722. The summed E-state index contributed by atoms with van der Waals surface area (Å²) in [5, 5.41) is 2.43. The zero-order valence-corrected chi connectivity index (χ0v) is 10.8. The molecule has 0 bridgehead atoms. The third-order valence-corrected chi connectivity index (χ3v) is 3.10. The highest BCUT2D eigenvalue weighted by Gasteiger charge is 2.15.